The van der Waals surface area contributed by atoms with Crippen molar-refractivity contribution < 1.29 is 5.12 Å². The number of halogens is 1. The van der Waals surface area contributed by atoms with Gasteiger partial charge in [-0.15, -0.1) is 18.2 Å². The van der Waals surface area contributed by atoms with Crippen molar-refractivity contribution in [2.75, 3.05) is 0 Å². The van der Waals surface area contributed by atoms with E-state index in [1.807, 2.05) is 0 Å². The van der Waals surface area contributed by atoms with E-state index in [2.05, 4.69) is 15.9 Å². The first-order valence-corrected chi connectivity index (χ1v) is 1.69. The Bertz CT molecular complexity index is 118. The van der Waals surface area contributed by atoms with Crippen molar-refractivity contribution in [2.24, 2.45) is 16.3 Å². The first-order valence-electron chi connectivity index (χ1n) is 1.69. The van der Waals surface area contributed by atoms with Gasteiger partial charge >= 0.3 is 5.96 Å². The minimum absolute atomic E-state index is 0. The van der Waals surface area contributed by atoms with Gasteiger partial charge in [0, 0.05) is 0 Å². The van der Waals surface area contributed by atoms with Crippen LogP contribution in [0.3, 0.4) is 0 Å². The number of hydrogen-bond donors (Lipinski definition) is 4. The highest BCUT2D eigenvalue weighted by atomic mass is 35.5. The number of rotatable bonds is 0. The van der Waals surface area contributed by atoms with E-state index in [4.69, 9.17) is 11.3 Å². The second-order valence-electron chi connectivity index (χ2n) is 1.07. The number of nitrogens with one attached hydrogen (secondary N) is 3. The molecular formula is CH6ClN6+. The number of nitrogens with zero attached hydrogens (tertiary/aromatic N) is 2. The Labute approximate surface area is 51.6 Å². The van der Waals surface area contributed by atoms with Crippen LogP contribution >= 0.6 is 12.4 Å². The number of guanidine groups is 1. The summed E-state index contributed by atoms with van der Waals surface area (Å²) in [5, 5.41) is 13.5. The minimum Gasteiger partial charge on any atom is -0.228 e. The average Bonchev–Trinajstić information content (AvgIpc) is 1.91. The molecule has 0 aliphatic carbocycles. The summed E-state index contributed by atoms with van der Waals surface area (Å²) in [5.74, 6) is 5.12. The van der Waals surface area contributed by atoms with Crippen LogP contribution in [-0.4, -0.2) is 5.96 Å². The Balaban J connectivity index is 0.000000490. The van der Waals surface area contributed by atoms with Gasteiger partial charge in [0.1, 0.15) is 0 Å². The molecule has 6 nitrogen and oxygen atoms in total. The molecule has 0 amide bonds. The maximum Gasteiger partial charge on any atom is 0.364 e. The zero-order valence-corrected chi connectivity index (χ0v) is 4.70. The van der Waals surface area contributed by atoms with E-state index < -0.39 is 0 Å². The monoisotopic (exact) mass is 137 g/mol. The lowest BCUT2D eigenvalue weighted by molar-refractivity contribution is -0.827. The van der Waals surface area contributed by atoms with Gasteiger partial charge in [-0.3, -0.25) is 0 Å². The molecule has 0 fully saturated rings. The minimum atomic E-state index is 0. The molecule has 0 saturated carbocycles. The van der Waals surface area contributed by atoms with Gasteiger partial charge in [-0.25, -0.2) is 5.41 Å². The topological polar surface area (TPSA) is 91.1 Å². The smallest absolute Gasteiger partial charge is 0.228 e. The molecule has 1 rings (SSSR count). The second kappa shape index (κ2) is 2.55. The highest BCUT2D eigenvalue weighted by Crippen LogP contribution is 1.61. The normalized spacial score (nSPS) is 24.6. The van der Waals surface area contributed by atoms with Crippen molar-refractivity contribution in [1.82, 2.24) is 5.43 Å². The highest BCUT2D eigenvalue weighted by molar-refractivity contribution is 5.85. The summed E-state index contributed by atoms with van der Waals surface area (Å²) in [6.45, 7) is 0. The van der Waals surface area contributed by atoms with Crippen LogP contribution in [0, 0.1) is 5.41 Å². The zero-order chi connectivity index (χ0) is 5.28. The molecule has 1 aliphatic heterocycles. The van der Waals surface area contributed by atoms with E-state index in [0.717, 1.165) is 0 Å². The maximum absolute atomic E-state index is 6.79. The Kier molecular flexibility index (Phi) is 2.32. The van der Waals surface area contributed by atoms with E-state index in [0.29, 0.717) is 0 Å². The van der Waals surface area contributed by atoms with Crippen LogP contribution < -0.4 is 16.4 Å². The van der Waals surface area contributed by atoms with Crippen LogP contribution in [0.5, 0.6) is 0 Å². The third-order valence-electron chi connectivity index (χ3n) is 0.576. The van der Waals surface area contributed by atoms with E-state index in [1.165, 1.54) is 0 Å². The van der Waals surface area contributed by atoms with Gasteiger partial charge in [-0.05, 0) is 5.22 Å². The fourth-order valence-corrected chi connectivity index (χ4v) is 0.236. The molecule has 1 heterocycles. The fraction of sp³-hybridized carbons (Fsp3) is 0. The van der Waals surface area contributed by atoms with Gasteiger partial charge in [-0.1, -0.05) is 5.12 Å². The van der Waals surface area contributed by atoms with Crippen LogP contribution in [-0.2, 0) is 0 Å². The fourth-order valence-electron chi connectivity index (χ4n) is 0.236. The zero-order valence-electron chi connectivity index (χ0n) is 3.88. The van der Waals surface area contributed by atoms with Crippen LogP contribution in [0.2, 0.25) is 0 Å². The lowest BCUT2D eigenvalue weighted by atomic mass is 11.0. The molecule has 5 N–H and O–H groups in total. The molecule has 1 unspecified atom stereocenters. The number of quaternary nitrogens is 1. The molecule has 1 aliphatic rings. The maximum atomic E-state index is 6.79. The van der Waals surface area contributed by atoms with Crippen molar-refractivity contribution in [2.45, 2.75) is 0 Å². The molecule has 8 heavy (non-hydrogen) atoms. The van der Waals surface area contributed by atoms with Gasteiger partial charge in [-0.2, -0.15) is 5.43 Å². The Morgan fingerprint density at radius 1 is 1.75 bits per heavy atom. The summed E-state index contributed by atoms with van der Waals surface area (Å²) in [5.41, 5.74) is 2.25. The van der Waals surface area contributed by atoms with Crippen molar-refractivity contribution in [3.8, 4) is 0 Å². The number of hydrogen-bond acceptors (Lipinski definition) is 4. The summed E-state index contributed by atoms with van der Waals surface area (Å²) >= 11 is 0. The third-order valence-corrected chi connectivity index (χ3v) is 0.576. The highest BCUT2D eigenvalue weighted by Gasteiger charge is 2.14. The second-order valence-corrected chi connectivity index (χ2v) is 1.07. The van der Waals surface area contributed by atoms with Gasteiger partial charge in [0.25, 0.3) is 0 Å². The van der Waals surface area contributed by atoms with Gasteiger partial charge in [0.15, 0.2) is 0 Å². The van der Waals surface area contributed by atoms with Crippen LogP contribution in [0.1, 0.15) is 0 Å². The Morgan fingerprint density at radius 2 is 2.38 bits per heavy atom. The van der Waals surface area contributed by atoms with Gasteiger partial charge < -0.3 is 0 Å². The molecule has 46 valence electrons. The molecule has 0 aromatic heterocycles. The predicted octanol–water partition coefficient (Wildman–Crippen LogP) is -2.01. The number of nitrogens with two attached hydrogens (primary N) is 1. The molecule has 7 heteroatoms. The summed E-state index contributed by atoms with van der Waals surface area (Å²) < 4.78 is 0. The summed E-state index contributed by atoms with van der Waals surface area (Å²) in [6, 6.07) is 0. The molecule has 0 aromatic rings. The van der Waals surface area contributed by atoms with E-state index in [9.17, 15) is 0 Å². The van der Waals surface area contributed by atoms with E-state index in [1.54, 1.807) is 0 Å². The standard InChI is InChI=1S/CH4N6.ClH/c2-1-4-5-6-7(1)3;/h3H2,(H2,2,4,6);1H/p+1. The van der Waals surface area contributed by atoms with E-state index >= 15 is 0 Å². The molecule has 0 bridgehead atoms. The van der Waals surface area contributed by atoms with Crippen molar-refractivity contribution >= 4 is 18.4 Å². The molecule has 1 atom stereocenters. The van der Waals surface area contributed by atoms with Gasteiger partial charge in [0.05, 0.1) is 5.22 Å². The van der Waals surface area contributed by atoms with E-state index in [-0.39, 0.29) is 23.5 Å². The third kappa shape index (κ3) is 1.12. The predicted molar refractivity (Wildman–Crippen MR) is 28.1 cm³/mol. The first kappa shape index (κ1) is 7.28. The van der Waals surface area contributed by atoms with Crippen LogP contribution in [0.15, 0.2) is 10.4 Å². The lowest BCUT2D eigenvalue weighted by Gasteiger charge is -1.88. The first-order chi connectivity index (χ1) is 3.30. The summed E-state index contributed by atoms with van der Waals surface area (Å²) in [7, 11) is 0. The Hall–Kier alpha value is -0.720. The van der Waals surface area contributed by atoms with Crippen molar-refractivity contribution in [3.05, 3.63) is 0 Å². The van der Waals surface area contributed by atoms with Gasteiger partial charge in [0.2, 0.25) is 0 Å². The average molecular weight is 138 g/mol. The van der Waals surface area contributed by atoms with Crippen molar-refractivity contribution in [3.63, 3.8) is 0 Å². The van der Waals surface area contributed by atoms with Crippen molar-refractivity contribution in [1.29, 1.82) is 5.41 Å². The molecule has 0 aromatic carbocycles. The molecule has 0 saturated heterocycles. The van der Waals surface area contributed by atoms with Crippen LogP contribution in [0.4, 0.5) is 0 Å². The molecule has 0 spiro atoms. The quantitative estimate of drug-likeness (QED) is 0.291. The largest absolute Gasteiger partial charge is 0.364 e. The lowest BCUT2D eigenvalue weighted by Crippen LogP contribution is -3.15. The van der Waals surface area contributed by atoms with Crippen LogP contribution in [0.25, 0.3) is 0 Å². The Morgan fingerprint density at radius 3 is 2.50 bits per heavy atom. The molecular weight excluding hydrogens is 132 g/mol. The molecule has 0 radical (unpaired) electrons. The summed E-state index contributed by atoms with van der Waals surface area (Å²) in [4.78, 5) is 0. The summed E-state index contributed by atoms with van der Waals surface area (Å²) in [6.07, 6.45) is 0. The SMILES string of the molecule is Cl.N=C1NN=N[NH+]1N.